The number of nitrogens with zero attached hydrogens (tertiary/aromatic N) is 1. The van der Waals surface area contributed by atoms with E-state index in [1.165, 1.54) is 11.1 Å². The minimum Gasteiger partial charge on any atom is -0.289 e. The number of halogens is 2. The van der Waals surface area contributed by atoms with Crippen LogP contribution in [0.2, 0.25) is 0 Å². The Labute approximate surface area is 107 Å². The minimum absolute atomic E-state index is 0. The highest BCUT2D eigenvalue weighted by Crippen LogP contribution is 2.15. The predicted octanol–water partition coefficient (Wildman–Crippen LogP) is 2.90. The lowest BCUT2D eigenvalue weighted by atomic mass is 10.0. The Morgan fingerprint density at radius 1 is 1.07 bits per heavy atom. The van der Waals surface area contributed by atoms with E-state index in [0.717, 1.165) is 25.9 Å². The van der Waals surface area contributed by atoms with Crippen molar-refractivity contribution >= 4 is 35.6 Å². The van der Waals surface area contributed by atoms with Crippen molar-refractivity contribution < 1.29 is 0 Å². The van der Waals surface area contributed by atoms with Gasteiger partial charge < -0.3 is 0 Å². The van der Waals surface area contributed by atoms with Gasteiger partial charge in [-0.25, -0.2) is 0 Å². The first-order chi connectivity index (χ1) is 6.40. The first kappa shape index (κ1) is 12.3. The van der Waals surface area contributed by atoms with Crippen LogP contribution >= 0.6 is 35.6 Å². The molecule has 0 atom stereocenters. The molecule has 1 aromatic carbocycles. The van der Waals surface area contributed by atoms with E-state index in [9.17, 15) is 0 Å². The van der Waals surface area contributed by atoms with E-state index in [2.05, 4.69) is 29.2 Å². The standard InChI is InChI=1S/C11H14ClN.HI/c12-9-13-7-5-10-3-1-2-4-11(10)6-8-13;/h1-4H,5-9H2;1H. The van der Waals surface area contributed by atoms with Crippen molar-refractivity contribution in [2.24, 2.45) is 0 Å². The van der Waals surface area contributed by atoms with Gasteiger partial charge in [0.25, 0.3) is 0 Å². The van der Waals surface area contributed by atoms with Crippen molar-refractivity contribution in [3.05, 3.63) is 35.4 Å². The van der Waals surface area contributed by atoms with Crippen LogP contribution in [0.25, 0.3) is 0 Å². The molecular weight excluding hydrogens is 308 g/mol. The highest BCUT2D eigenvalue weighted by molar-refractivity contribution is 14.0. The van der Waals surface area contributed by atoms with Crippen LogP contribution in [0, 0.1) is 0 Å². The van der Waals surface area contributed by atoms with Gasteiger partial charge in [-0.05, 0) is 24.0 Å². The van der Waals surface area contributed by atoms with Crippen molar-refractivity contribution in [1.82, 2.24) is 4.90 Å². The quantitative estimate of drug-likeness (QED) is 0.436. The third-order valence-corrected chi connectivity index (χ3v) is 3.02. The number of fused-ring (bicyclic) bond motifs is 1. The number of alkyl halides is 1. The van der Waals surface area contributed by atoms with Gasteiger partial charge in [-0.15, -0.1) is 35.6 Å². The SMILES string of the molecule is ClCN1CCc2ccccc2CC1.I. The molecule has 0 bridgehead atoms. The van der Waals surface area contributed by atoms with Crippen molar-refractivity contribution in [3.8, 4) is 0 Å². The molecule has 3 heteroatoms. The van der Waals surface area contributed by atoms with Crippen LogP contribution in [0.5, 0.6) is 0 Å². The lowest BCUT2D eigenvalue weighted by Gasteiger charge is -2.14. The zero-order valence-corrected chi connectivity index (χ0v) is 11.2. The average Bonchev–Trinajstić information content (AvgIpc) is 2.39. The van der Waals surface area contributed by atoms with Crippen molar-refractivity contribution in [3.63, 3.8) is 0 Å². The molecule has 2 rings (SSSR count). The smallest absolute Gasteiger partial charge is 0.0738 e. The Morgan fingerprint density at radius 3 is 2.00 bits per heavy atom. The van der Waals surface area contributed by atoms with Gasteiger partial charge in [-0.1, -0.05) is 24.3 Å². The van der Waals surface area contributed by atoms with Crippen molar-refractivity contribution in [2.75, 3.05) is 19.1 Å². The summed E-state index contributed by atoms with van der Waals surface area (Å²) in [6.45, 7) is 2.20. The maximum absolute atomic E-state index is 5.82. The first-order valence-electron chi connectivity index (χ1n) is 4.75. The predicted molar refractivity (Wildman–Crippen MR) is 71.6 cm³/mol. The molecule has 0 fully saturated rings. The van der Waals surface area contributed by atoms with Gasteiger partial charge >= 0.3 is 0 Å². The highest BCUT2D eigenvalue weighted by Gasteiger charge is 2.11. The molecule has 0 N–H and O–H groups in total. The van der Waals surface area contributed by atoms with Gasteiger partial charge in [-0.2, -0.15) is 0 Å². The fourth-order valence-electron chi connectivity index (χ4n) is 1.83. The van der Waals surface area contributed by atoms with Crippen LogP contribution in [0.3, 0.4) is 0 Å². The summed E-state index contributed by atoms with van der Waals surface area (Å²) in [6, 6.07) is 9.36. The molecule has 14 heavy (non-hydrogen) atoms. The van der Waals surface area contributed by atoms with Crippen LogP contribution in [0.1, 0.15) is 11.1 Å². The fourth-order valence-corrected chi connectivity index (χ4v) is 2.07. The van der Waals surface area contributed by atoms with Crippen LogP contribution in [0.4, 0.5) is 0 Å². The maximum Gasteiger partial charge on any atom is 0.0738 e. The Kier molecular flexibility index (Phi) is 5.20. The molecule has 0 aliphatic carbocycles. The van der Waals surface area contributed by atoms with Gasteiger partial charge in [-0.3, -0.25) is 4.90 Å². The fraction of sp³-hybridized carbons (Fsp3) is 0.455. The summed E-state index contributed by atoms with van der Waals surface area (Å²) in [6.07, 6.45) is 2.28. The van der Waals surface area contributed by atoms with Crippen LogP contribution in [-0.4, -0.2) is 24.0 Å². The summed E-state index contributed by atoms with van der Waals surface area (Å²) in [7, 11) is 0. The van der Waals surface area contributed by atoms with Gasteiger partial charge in [0.2, 0.25) is 0 Å². The van der Waals surface area contributed by atoms with Gasteiger partial charge in [0, 0.05) is 13.1 Å². The molecule has 0 aromatic heterocycles. The second-order valence-corrected chi connectivity index (χ2v) is 3.75. The third kappa shape index (κ3) is 2.84. The number of rotatable bonds is 1. The van der Waals surface area contributed by atoms with E-state index < -0.39 is 0 Å². The summed E-state index contributed by atoms with van der Waals surface area (Å²) >= 11 is 5.82. The van der Waals surface area contributed by atoms with Gasteiger partial charge in [0.15, 0.2) is 0 Å². The number of hydrogen-bond donors (Lipinski definition) is 0. The van der Waals surface area contributed by atoms with E-state index in [-0.39, 0.29) is 24.0 Å². The molecule has 0 radical (unpaired) electrons. The lowest BCUT2D eigenvalue weighted by Crippen LogP contribution is -2.24. The molecular formula is C11H15ClIN. The first-order valence-corrected chi connectivity index (χ1v) is 5.28. The molecule has 78 valence electrons. The van der Waals surface area contributed by atoms with Gasteiger partial charge in [0.05, 0.1) is 6.00 Å². The van der Waals surface area contributed by atoms with E-state index >= 15 is 0 Å². The molecule has 1 nitrogen and oxygen atoms in total. The van der Waals surface area contributed by atoms with E-state index in [1.54, 1.807) is 0 Å². The second kappa shape index (κ2) is 5.93. The largest absolute Gasteiger partial charge is 0.289 e. The molecule has 0 saturated heterocycles. The molecule has 1 aliphatic rings. The number of benzene rings is 1. The van der Waals surface area contributed by atoms with Crippen molar-refractivity contribution in [1.29, 1.82) is 0 Å². The Balaban J connectivity index is 0.000000980. The summed E-state index contributed by atoms with van der Waals surface area (Å²) in [4.78, 5) is 2.29. The summed E-state index contributed by atoms with van der Waals surface area (Å²) < 4.78 is 0. The van der Waals surface area contributed by atoms with Gasteiger partial charge in [0.1, 0.15) is 0 Å². The molecule has 0 spiro atoms. The molecule has 1 aromatic rings. The van der Waals surface area contributed by atoms with Crippen LogP contribution < -0.4 is 0 Å². The molecule has 0 saturated carbocycles. The summed E-state index contributed by atoms with van der Waals surface area (Å²) in [5, 5.41) is 0. The van der Waals surface area contributed by atoms with E-state index in [0.29, 0.717) is 6.00 Å². The average molecular weight is 324 g/mol. The minimum atomic E-state index is 0. The van der Waals surface area contributed by atoms with Crippen LogP contribution in [-0.2, 0) is 12.8 Å². The highest BCUT2D eigenvalue weighted by atomic mass is 127. The number of hydrogen-bond acceptors (Lipinski definition) is 1. The molecule has 1 heterocycles. The zero-order valence-electron chi connectivity index (χ0n) is 8.08. The Morgan fingerprint density at radius 2 is 1.57 bits per heavy atom. The maximum atomic E-state index is 5.82. The van der Waals surface area contributed by atoms with E-state index in [4.69, 9.17) is 11.6 Å². The molecule has 1 aliphatic heterocycles. The topological polar surface area (TPSA) is 3.24 Å². The molecule has 0 unspecified atom stereocenters. The second-order valence-electron chi connectivity index (χ2n) is 3.51. The van der Waals surface area contributed by atoms with Crippen molar-refractivity contribution in [2.45, 2.75) is 12.8 Å². The zero-order chi connectivity index (χ0) is 9.10. The third-order valence-electron chi connectivity index (χ3n) is 2.68. The summed E-state index contributed by atoms with van der Waals surface area (Å²) in [5.74, 6) is 0. The Hall–Kier alpha value is 0.200. The lowest BCUT2D eigenvalue weighted by molar-refractivity contribution is 0.335. The summed E-state index contributed by atoms with van der Waals surface area (Å²) in [5.41, 5.74) is 2.99. The monoisotopic (exact) mass is 323 g/mol. The van der Waals surface area contributed by atoms with E-state index in [1.807, 2.05) is 0 Å². The molecule has 0 amide bonds. The normalized spacial score (nSPS) is 16.6. The Bertz CT molecular complexity index is 263. The van der Waals surface area contributed by atoms with Crippen LogP contribution in [0.15, 0.2) is 24.3 Å².